The molecule has 0 aliphatic carbocycles. The summed E-state index contributed by atoms with van der Waals surface area (Å²) in [7, 11) is 4.84. The number of rotatable bonds is 7. The Bertz CT molecular complexity index is 934. The van der Waals surface area contributed by atoms with Crippen LogP contribution in [0.5, 0.6) is 5.75 Å². The number of alkyl halides is 3. The number of nitrogens with one attached hydrogen (secondary N) is 2. The first-order valence-electron chi connectivity index (χ1n) is 9.62. The first-order valence-corrected chi connectivity index (χ1v) is 9.62. The van der Waals surface area contributed by atoms with E-state index in [-0.39, 0.29) is 43.0 Å². The number of guanidine groups is 1. The maximum absolute atomic E-state index is 12.9. The van der Waals surface area contributed by atoms with E-state index in [1.807, 2.05) is 25.1 Å². The lowest BCUT2D eigenvalue weighted by atomic mass is 10.1. The molecule has 0 bridgehead atoms. The lowest BCUT2D eigenvalue weighted by Crippen LogP contribution is -2.42. The van der Waals surface area contributed by atoms with Crippen LogP contribution in [0.3, 0.4) is 0 Å². The molecule has 2 aromatic rings. The van der Waals surface area contributed by atoms with Gasteiger partial charge < -0.3 is 20.3 Å². The molecular weight excluding hydrogens is 536 g/mol. The van der Waals surface area contributed by atoms with Gasteiger partial charge in [0.15, 0.2) is 5.96 Å². The van der Waals surface area contributed by atoms with Gasteiger partial charge in [0.2, 0.25) is 5.91 Å². The summed E-state index contributed by atoms with van der Waals surface area (Å²) < 4.78 is 44.2. The summed E-state index contributed by atoms with van der Waals surface area (Å²) in [5.41, 5.74) is 1.60. The number of hydrogen-bond acceptors (Lipinski definition) is 3. The second kappa shape index (κ2) is 12.5. The van der Waals surface area contributed by atoms with Crippen molar-refractivity contribution in [3.63, 3.8) is 0 Å². The molecule has 0 aliphatic rings. The van der Waals surface area contributed by atoms with Crippen molar-refractivity contribution < 1.29 is 22.7 Å². The Labute approximate surface area is 203 Å². The lowest BCUT2D eigenvalue weighted by Gasteiger charge is -2.16. The van der Waals surface area contributed by atoms with E-state index in [0.717, 1.165) is 23.3 Å². The number of ether oxygens (including phenoxy) is 1. The number of carbonyl (C=O) groups excluding carboxylic acids is 1. The fraction of sp³-hybridized carbons (Fsp3) is 0.364. The number of aryl methyl sites for hydroxylation is 1. The molecule has 0 unspecified atom stereocenters. The van der Waals surface area contributed by atoms with Crippen molar-refractivity contribution in [2.24, 2.45) is 4.99 Å². The highest BCUT2D eigenvalue weighted by atomic mass is 127. The van der Waals surface area contributed by atoms with Crippen LogP contribution < -0.4 is 15.4 Å². The Morgan fingerprint density at radius 1 is 1.12 bits per heavy atom. The third-order valence-corrected chi connectivity index (χ3v) is 4.47. The molecule has 0 spiro atoms. The minimum Gasteiger partial charge on any atom is -0.496 e. The summed E-state index contributed by atoms with van der Waals surface area (Å²) in [6, 6.07) is 10.8. The summed E-state index contributed by atoms with van der Waals surface area (Å²) in [5.74, 6) is 0.839. The predicted molar refractivity (Wildman–Crippen MR) is 129 cm³/mol. The number of methoxy groups -OCH3 is 1. The number of nitrogens with zero attached hydrogens (tertiary/aromatic N) is 2. The fourth-order valence-corrected chi connectivity index (χ4v) is 2.68. The van der Waals surface area contributed by atoms with Crippen molar-refractivity contribution in [2.75, 3.05) is 27.7 Å². The van der Waals surface area contributed by atoms with Crippen LogP contribution >= 0.6 is 24.0 Å². The third kappa shape index (κ3) is 8.56. The fourth-order valence-electron chi connectivity index (χ4n) is 2.68. The number of amides is 1. The van der Waals surface area contributed by atoms with Crippen LogP contribution in [0.2, 0.25) is 0 Å². The van der Waals surface area contributed by atoms with Crippen molar-refractivity contribution in [2.45, 2.75) is 26.2 Å². The first kappa shape index (κ1) is 27.5. The second-order valence-electron chi connectivity index (χ2n) is 7.17. The number of halogens is 4. The zero-order valence-electron chi connectivity index (χ0n) is 18.4. The molecule has 32 heavy (non-hydrogen) atoms. The van der Waals surface area contributed by atoms with E-state index in [9.17, 15) is 18.0 Å². The molecule has 0 heterocycles. The molecule has 1 amide bonds. The van der Waals surface area contributed by atoms with Gasteiger partial charge in [-0.1, -0.05) is 24.3 Å². The van der Waals surface area contributed by atoms with Gasteiger partial charge in [0.25, 0.3) is 0 Å². The van der Waals surface area contributed by atoms with Gasteiger partial charge in [0, 0.05) is 26.2 Å². The number of aliphatic imine (C=N–C) groups is 1. The van der Waals surface area contributed by atoms with Crippen molar-refractivity contribution in [1.29, 1.82) is 0 Å². The van der Waals surface area contributed by atoms with Crippen molar-refractivity contribution in [3.8, 4) is 5.75 Å². The lowest BCUT2D eigenvalue weighted by molar-refractivity contribution is -0.137. The standard InChI is InChI=1S/C22H27F3N4O2.HI/c1-15-8-9-17(19(10-15)31-4)13-27-21(28-14-20(30)29(2)3)26-12-16-6-5-7-18(11-16)22(23,24)25;/h5-11H,12-14H2,1-4H3,(H2,26,27,28);1H. The summed E-state index contributed by atoms with van der Waals surface area (Å²) >= 11 is 0. The maximum Gasteiger partial charge on any atom is 0.416 e. The molecule has 0 radical (unpaired) electrons. The van der Waals surface area contributed by atoms with Gasteiger partial charge >= 0.3 is 6.18 Å². The average molecular weight is 564 g/mol. The molecule has 0 saturated heterocycles. The van der Waals surface area contributed by atoms with Gasteiger partial charge in [-0.2, -0.15) is 13.2 Å². The topological polar surface area (TPSA) is 66.0 Å². The molecule has 0 atom stereocenters. The van der Waals surface area contributed by atoms with Crippen LogP contribution in [-0.2, 0) is 24.1 Å². The molecule has 10 heteroatoms. The molecule has 2 rings (SSSR count). The average Bonchev–Trinajstić information content (AvgIpc) is 2.73. The van der Waals surface area contributed by atoms with Gasteiger partial charge in [0.1, 0.15) is 5.75 Å². The summed E-state index contributed by atoms with van der Waals surface area (Å²) in [6.07, 6.45) is -4.42. The second-order valence-corrected chi connectivity index (χ2v) is 7.17. The molecule has 0 fully saturated rings. The SMILES string of the molecule is COc1cc(C)ccc1CNC(=NCc1cccc(C(F)(F)F)c1)NCC(=O)N(C)C.I. The molecule has 2 aromatic carbocycles. The Balaban J connectivity index is 0.00000512. The molecule has 0 saturated carbocycles. The molecule has 0 aliphatic heterocycles. The van der Waals surface area contributed by atoms with Crippen LogP contribution in [0.15, 0.2) is 47.5 Å². The quantitative estimate of drug-likeness (QED) is 0.304. The Hall–Kier alpha value is -2.50. The monoisotopic (exact) mass is 564 g/mol. The third-order valence-electron chi connectivity index (χ3n) is 4.47. The van der Waals surface area contributed by atoms with Crippen LogP contribution in [0, 0.1) is 6.92 Å². The molecule has 2 N–H and O–H groups in total. The minimum absolute atomic E-state index is 0. The van der Waals surface area contributed by atoms with Crippen molar-refractivity contribution in [1.82, 2.24) is 15.5 Å². The minimum atomic E-state index is -4.42. The van der Waals surface area contributed by atoms with Gasteiger partial charge in [-0.15, -0.1) is 24.0 Å². The normalized spacial score (nSPS) is 11.4. The van der Waals surface area contributed by atoms with E-state index in [1.54, 1.807) is 27.3 Å². The van der Waals surface area contributed by atoms with Crippen LogP contribution in [0.25, 0.3) is 0 Å². The van der Waals surface area contributed by atoms with E-state index < -0.39 is 11.7 Å². The largest absolute Gasteiger partial charge is 0.496 e. The van der Waals surface area contributed by atoms with Gasteiger partial charge in [0.05, 0.1) is 25.8 Å². The Morgan fingerprint density at radius 2 is 1.84 bits per heavy atom. The highest BCUT2D eigenvalue weighted by Gasteiger charge is 2.30. The number of carbonyl (C=O) groups is 1. The van der Waals surface area contributed by atoms with E-state index in [1.165, 1.54) is 11.0 Å². The van der Waals surface area contributed by atoms with E-state index in [0.29, 0.717) is 23.8 Å². The van der Waals surface area contributed by atoms with E-state index in [2.05, 4.69) is 15.6 Å². The number of benzene rings is 2. The smallest absolute Gasteiger partial charge is 0.416 e. The van der Waals surface area contributed by atoms with Gasteiger partial charge in [-0.25, -0.2) is 4.99 Å². The molecular formula is C22H28F3IN4O2. The Kier molecular flexibility index (Phi) is 10.8. The first-order chi connectivity index (χ1) is 14.6. The van der Waals surface area contributed by atoms with Gasteiger partial charge in [-0.05, 0) is 36.2 Å². The summed E-state index contributed by atoms with van der Waals surface area (Å²) in [6.45, 7) is 2.32. The van der Waals surface area contributed by atoms with Crippen LogP contribution in [0.1, 0.15) is 22.3 Å². The zero-order chi connectivity index (χ0) is 23.0. The molecule has 0 aromatic heterocycles. The highest BCUT2D eigenvalue weighted by molar-refractivity contribution is 14.0. The maximum atomic E-state index is 12.9. The predicted octanol–water partition coefficient (Wildman–Crippen LogP) is 3.96. The van der Waals surface area contributed by atoms with Crippen LogP contribution in [0.4, 0.5) is 13.2 Å². The van der Waals surface area contributed by atoms with Gasteiger partial charge in [-0.3, -0.25) is 4.79 Å². The van der Waals surface area contributed by atoms with Crippen LogP contribution in [-0.4, -0.2) is 44.5 Å². The van der Waals surface area contributed by atoms with E-state index in [4.69, 9.17) is 4.74 Å². The van der Waals surface area contributed by atoms with Crippen molar-refractivity contribution >= 4 is 35.8 Å². The zero-order valence-corrected chi connectivity index (χ0v) is 20.7. The number of hydrogen-bond donors (Lipinski definition) is 2. The summed E-state index contributed by atoms with van der Waals surface area (Å²) in [4.78, 5) is 17.7. The van der Waals surface area contributed by atoms with E-state index >= 15 is 0 Å². The van der Waals surface area contributed by atoms with Crippen molar-refractivity contribution in [3.05, 3.63) is 64.7 Å². The molecule has 176 valence electrons. The molecule has 6 nitrogen and oxygen atoms in total. The highest BCUT2D eigenvalue weighted by Crippen LogP contribution is 2.29. The summed E-state index contributed by atoms with van der Waals surface area (Å²) in [5, 5.41) is 6.03. The Morgan fingerprint density at radius 3 is 2.47 bits per heavy atom. The number of likely N-dealkylation sites (N-methyl/N-ethyl adjacent to an activating group) is 1.